The van der Waals surface area contributed by atoms with Gasteiger partial charge in [-0.15, -0.1) is 0 Å². The number of carbonyl (C=O) groups is 1. The third kappa shape index (κ3) is 5.57. The normalized spacial score (nSPS) is 10.3. The first kappa shape index (κ1) is 21.7. The Kier molecular flexibility index (Phi) is 6.98. The van der Waals surface area contributed by atoms with E-state index in [1.807, 2.05) is 54.6 Å². The van der Waals surface area contributed by atoms with Crippen LogP contribution in [0.1, 0.15) is 16.8 Å². The van der Waals surface area contributed by atoms with Crippen LogP contribution in [0.2, 0.25) is 0 Å². The van der Waals surface area contributed by atoms with Crippen LogP contribution in [0.3, 0.4) is 0 Å². The average Bonchev–Trinajstić information content (AvgIpc) is 2.89. The molecule has 0 aliphatic heterocycles. The number of carbonyl (C=O) groups excluding carboxylic acids is 1. The van der Waals surface area contributed by atoms with Crippen molar-refractivity contribution in [1.29, 1.82) is 5.26 Å². The molecule has 162 valence electrons. The fraction of sp³-hybridized carbons (Fsp3) is 0.115. The highest BCUT2D eigenvalue weighted by Gasteiger charge is 2.15. The number of hydrogen-bond donors (Lipinski definition) is 1. The maximum Gasteiger partial charge on any atom is 0.214 e. The van der Waals surface area contributed by atoms with Gasteiger partial charge in [0.25, 0.3) is 0 Å². The quantitative estimate of drug-likeness (QED) is 0.396. The van der Waals surface area contributed by atoms with E-state index in [0.29, 0.717) is 36.6 Å². The molecule has 0 radical (unpaired) electrons. The number of nitrogens with zero attached hydrogens (tertiary/aromatic N) is 5. The molecule has 4 aromatic rings. The fourth-order valence-corrected chi connectivity index (χ4v) is 3.41. The highest BCUT2D eigenvalue weighted by molar-refractivity contribution is 5.83. The molecule has 0 saturated carbocycles. The summed E-state index contributed by atoms with van der Waals surface area (Å²) >= 11 is 0. The lowest BCUT2D eigenvalue weighted by atomic mass is 10.1. The molecule has 0 fully saturated rings. The maximum atomic E-state index is 12.0. The number of amides is 1. The Bertz CT molecular complexity index is 1240. The van der Waals surface area contributed by atoms with Crippen molar-refractivity contribution in [3.05, 3.63) is 102 Å². The maximum absolute atomic E-state index is 12.0. The number of rotatable bonds is 9. The first-order chi connectivity index (χ1) is 16.3. The lowest BCUT2D eigenvalue weighted by molar-refractivity contribution is -0.107. The van der Waals surface area contributed by atoms with E-state index in [1.54, 1.807) is 35.6 Å². The zero-order valence-corrected chi connectivity index (χ0v) is 17.9. The summed E-state index contributed by atoms with van der Waals surface area (Å²) in [6, 6.07) is 22.7. The van der Waals surface area contributed by atoms with Crippen LogP contribution < -0.4 is 10.2 Å². The minimum Gasteiger partial charge on any atom is -0.368 e. The third-order valence-corrected chi connectivity index (χ3v) is 5.10. The van der Waals surface area contributed by atoms with Gasteiger partial charge in [-0.2, -0.15) is 5.26 Å². The molecule has 1 N–H and O–H groups in total. The highest BCUT2D eigenvalue weighted by Crippen LogP contribution is 2.29. The Hall–Kier alpha value is -4.57. The fourth-order valence-electron chi connectivity index (χ4n) is 3.41. The van der Waals surface area contributed by atoms with Crippen molar-refractivity contribution >= 4 is 17.9 Å². The molecule has 1 amide bonds. The van der Waals surface area contributed by atoms with Crippen molar-refractivity contribution in [2.45, 2.75) is 13.0 Å². The van der Waals surface area contributed by atoms with E-state index in [9.17, 15) is 4.79 Å². The van der Waals surface area contributed by atoms with Crippen LogP contribution in [0.25, 0.3) is 11.3 Å². The van der Waals surface area contributed by atoms with Crippen molar-refractivity contribution in [3.63, 3.8) is 0 Å². The van der Waals surface area contributed by atoms with Crippen LogP contribution >= 0.6 is 0 Å². The molecule has 7 heteroatoms. The second-order valence-corrected chi connectivity index (χ2v) is 7.35. The summed E-state index contributed by atoms with van der Waals surface area (Å²) in [5, 5.41) is 12.4. The molecule has 0 aliphatic carbocycles. The second kappa shape index (κ2) is 10.6. The van der Waals surface area contributed by atoms with Gasteiger partial charge in [0, 0.05) is 42.8 Å². The van der Waals surface area contributed by atoms with Crippen molar-refractivity contribution in [2.75, 3.05) is 16.8 Å². The van der Waals surface area contributed by atoms with Crippen LogP contribution in [0.4, 0.5) is 11.5 Å². The molecular weight excluding hydrogens is 412 g/mol. The molecule has 0 unspecified atom stereocenters. The molecule has 3 aromatic heterocycles. The third-order valence-electron chi connectivity index (χ3n) is 5.10. The van der Waals surface area contributed by atoms with Crippen molar-refractivity contribution in [2.24, 2.45) is 0 Å². The van der Waals surface area contributed by atoms with E-state index in [1.165, 1.54) is 0 Å². The highest BCUT2D eigenvalue weighted by atomic mass is 16.1. The summed E-state index contributed by atoms with van der Waals surface area (Å²) < 4.78 is 0. The van der Waals surface area contributed by atoms with Crippen molar-refractivity contribution < 1.29 is 4.79 Å². The number of anilines is 2. The van der Waals surface area contributed by atoms with Gasteiger partial charge in [-0.3, -0.25) is 14.8 Å². The lowest BCUT2D eigenvalue weighted by Crippen LogP contribution is -2.23. The number of benzene rings is 1. The molecule has 1 aromatic carbocycles. The van der Waals surface area contributed by atoms with Gasteiger partial charge in [0.2, 0.25) is 6.41 Å². The van der Waals surface area contributed by atoms with Gasteiger partial charge in [0.05, 0.1) is 29.6 Å². The van der Waals surface area contributed by atoms with E-state index >= 15 is 0 Å². The molecular formula is C26H22N6O. The Balaban J connectivity index is 1.63. The summed E-state index contributed by atoms with van der Waals surface area (Å²) in [5.41, 5.74) is 4.78. The lowest BCUT2D eigenvalue weighted by Gasteiger charge is -2.21. The zero-order chi connectivity index (χ0) is 22.9. The Morgan fingerprint density at radius 2 is 1.88 bits per heavy atom. The van der Waals surface area contributed by atoms with Gasteiger partial charge in [-0.25, -0.2) is 4.98 Å². The topological polar surface area (TPSA) is 94.8 Å². The van der Waals surface area contributed by atoms with Crippen molar-refractivity contribution in [3.8, 4) is 17.3 Å². The van der Waals surface area contributed by atoms with Gasteiger partial charge in [0.15, 0.2) is 5.82 Å². The molecule has 7 nitrogen and oxygen atoms in total. The average molecular weight is 435 g/mol. The summed E-state index contributed by atoms with van der Waals surface area (Å²) in [4.78, 5) is 26.9. The number of nitrogens with one attached hydrogen (secondary N) is 1. The van der Waals surface area contributed by atoms with E-state index in [0.717, 1.165) is 28.9 Å². The number of nitriles is 1. The smallest absolute Gasteiger partial charge is 0.214 e. The van der Waals surface area contributed by atoms with E-state index in [-0.39, 0.29) is 0 Å². The molecule has 3 heterocycles. The predicted molar refractivity (Wildman–Crippen MR) is 127 cm³/mol. The van der Waals surface area contributed by atoms with E-state index in [2.05, 4.69) is 21.4 Å². The van der Waals surface area contributed by atoms with E-state index < -0.39 is 0 Å². The second-order valence-electron chi connectivity index (χ2n) is 7.35. The molecule has 4 rings (SSSR count). The molecule has 0 saturated heterocycles. The van der Waals surface area contributed by atoms with Gasteiger partial charge in [-0.1, -0.05) is 24.3 Å². The van der Waals surface area contributed by atoms with Gasteiger partial charge < -0.3 is 10.2 Å². The van der Waals surface area contributed by atoms with Crippen LogP contribution in [0.15, 0.2) is 85.3 Å². The minimum absolute atomic E-state index is 0.379. The Morgan fingerprint density at radius 1 is 1.00 bits per heavy atom. The monoisotopic (exact) mass is 434 g/mol. The number of pyridine rings is 3. The first-order valence-corrected chi connectivity index (χ1v) is 10.5. The molecule has 0 spiro atoms. The van der Waals surface area contributed by atoms with Gasteiger partial charge >= 0.3 is 0 Å². The van der Waals surface area contributed by atoms with Crippen LogP contribution in [0, 0.1) is 11.3 Å². The first-order valence-electron chi connectivity index (χ1n) is 10.5. The molecule has 0 bridgehead atoms. The minimum atomic E-state index is 0.379. The standard InChI is InChI=1S/C26H22N6O/c27-16-20-6-8-22(9-7-20)24-10-11-25(32(19-33)18-21-4-3-13-28-17-21)26(31-24)30-15-12-23-5-1-2-14-29-23/h1-11,13-14,17,19H,12,15,18H2,(H,30,31). The van der Waals surface area contributed by atoms with Crippen LogP contribution in [0.5, 0.6) is 0 Å². The molecule has 0 aliphatic rings. The largest absolute Gasteiger partial charge is 0.368 e. The van der Waals surface area contributed by atoms with Crippen LogP contribution in [-0.4, -0.2) is 27.9 Å². The van der Waals surface area contributed by atoms with Gasteiger partial charge in [0.1, 0.15) is 0 Å². The van der Waals surface area contributed by atoms with Crippen molar-refractivity contribution in [1.82, 2.24) is 15.0 Å². The van der Waals surface area contributed by atoms with Crippen LogP contribution in [-0.2, 0) is 17.8 Å². The Morgan fingerprint density at radius 3 is 2.58 bits per heavy atom. The zero-order valence-electron chi connectivity index (χ0n) is 17.9. The molecule has 0 atom stereocenters. The summed E-state index contributed by atoms with van der Waals surface area (Å²) in [5.74, 6) is 0.601. The Labute approximate surface area is 192 Å². The molecule has 33 heavy (non-hydrogen) atoms. The number of hydrogen-bond acceptors (Lipinski definition) is 6. The SMILES string of the molecule is N#Cc1ccc(-c2ccc(N(C=O)Cc3cccnc3)c(NCCc3ccccn3)n2)cc1. The number of aromatic nitrogens is 3. The summed E-state index contributed by atoms with van der Waals surface area (Å²) in [7, 11) is 0. The van der Waals surface area contributed by atoms with E-state index in [4.69, 9.17) is 10.2 Å². The predicted octanol–water partition coefficient (Wildman–Crippen LogP) is 4.23. The summed E-state index contributed by atoms with van der Waals surface area (Å²) in [6.07, 6.45) is 6.73. The van der Waals surface area contributed by atoms with Gasteiger partial charge in [-0.05, 0) is 48.0 Å². The summed E-state index contributed by atoms with van der Waals surface area (Å²) in [6.45, 7) is 0.984.